The number of hydrogen-bond acceptors (Lipinski definition) is 2. The summed E-state index contributed by atoms with van der Waals surface area (Å²) >= 11 is 0. The first-order valence-corrected chi connectivity index (χ1v) is 5.42. The summed E-state index contributed by atoms with van der Waals surface area (Å²) in [4.78, 5) is 11.6. The Morgan fingerprint density at radius 1 is 1.56 bits per heavy atom. The highest BCUT2D eigenvalue weighted by atomic mass is 19.1. The molecule has 1 amide bonds. The molecule has 1 aromatic rings. The molecule has 0 bridgehead atoms. The zero-order valence-electron chi connectivity index (χ0n) is 9.22. The van der Waals surface area contributed by atoms with E-state index in [0.717, 1.165) is 18.7 Å². The first kappa shape index (κ1) is 11.1. The molecule has 2 N–H and O–H groups in total. The smallest absolute Gasteiger partial charge is 0.224 e. The Morgan fingerprint density at radius 2 is 2.31 bits per heavy atom. The van der Waals surface area contributed by atoms with Gasteiger partial charge in [-0.1, -0.05) is 6.07 Å². The quantitative estimate of drug-likeness (QED) is 0.817. The number of carbonyl (C=O) groups excluding carboxylic acids is 1. The minimum Gasteiger partial charge on any atom is -0.326 e. The fourth-order valence-corrected chi connectivity index (χ4v) is 1.69. The van der Waals surface area contributed by atoms with Gasteiger partial charge in [-0.05, 0) is 43.6 Å². The van der Waals surface area contributed by atoms with Crippen LogP contribution in [0.1, 0.15) is 12.0 Å². The van der Waals surface area contributed by atoms with Crippen LogP contribution in [0.25, 0.3) is 0 Å². The van der Waals surface area contributed by atoms with Crippen LogP contribution in [0.3, 0.4) is 0 Å². The van der Waals surface area contributed by atoms with Crippen molar-refractivity contribution in [1.29, 1.82) is 0 Å². The van der Waals surface area contributed by atoms with Gasteiger partial charge in [-0.2, -0.15) is 0 Å². The van der Waals surface area contributed by atoms with Crippen molar-refractivity contribution in [2.45, 2.75) is 13.3 Å². The van der Waals surface area contributed by atoms with E-state index in [2.05, 4.69) is 10.6 Å². The van der Waals surface area contributed by atoms with Crippen LogP contribution in [0, 0.1) is 18.7 Å². The number of carbonyl (C=O) groups is 1. The zero-order valence-corrected chi connectivity index (χ0v) is 9.22. The van der Waals surface area contributed by atoms with Gasteiger partial charge in [0.2, 0.25) is 5.91 Å². The van der Waals surface area contributed by atoms with Gasteiger partial charge < -0.3 is 10.6 Å². The van der Waals surface area contributed by atoms with E-state index in [1.807, 2.05) is 6.92 Å². The lowest BCUT2D eigenvalue weighted by atomic mass is 9.99. The van der Waals surface area contributed by atoms with Crippen molar-refractivity contribution in [2.24, 2.45) is 5.92 Å². The van der Waals surface area contributed by atoms with Gasteiger partial charge in [0.1, 0.15) is 5.82 Å². The number of amides is 1. The molecule has 1 heterocycles. The first-order valence-electron chi connectivity index (χ1n) is 5.42. The molecule has 2 rings (SSSR count). The number of anilines is 1. The molecule has 1 fully saturated rings. The predicted octanol–water partition coefficient (Wildman–Crippen LogP) is 1.68. The van der Waals surface area contributed by atoms with Gasteiger partial charge in [-0.3, -0.25) is 4.79 Å². The Balaban J connectivity index is 1.96. The number of aryl methyl sites for hydroxylation is 1. The maximum Gasteiger partial charge on any atom is 0.224 e. The lowest BCUT2D eigenvalue weighted by molar-refractivity contribution is -0.117. The van der Waals surface area contributed by atoms with Crippen molar-refractivity contribution in [3.8, 4) is 0 Å². The van der Waals surface area contributed by atoms with Crippen LogP contribution in [-0.4, -0.2) is 19.0 Å². The average molecular weight is 222 g/mol. The van der Waals surface area contributed by atoms with Gasteiger partial charge in [0.15, 0.2) is 0 Å². The standard InChI is InChI=1S/C12H15FN2O/c1-8-2-3-10(13)5-11(8)15-12(16)4-9-6-14-7-9/h2-3,5,9,14H,4,6-7H2,1H3,(H,15,16). The molecule has 0 aliphatic carbocycles. The van der Waals surface area contributed by atoms with Gasteiger partial charge in [0.05, 0.1) is 0 Å². The predicted molar refractivity (Wildman–Crippen MR) is 60.7 cm³/mol. The van der Waals surface area contributed by atoms with Crippen molar-refractivity contribution < 1.29 is 9.18 Å². The Kier molecular flexibility index (Phi) is 3.19. The highest BCUT2D eigenvalue weighted by Gasteiger charge is 2.20. The van der Waals surface area contributed by atoms with Crippen molar-refractivity contribution in [2.75, 3.05) is 18.4 Å². The Morgan fingerprint density at radius 3 is 2.94 bits per heavy atom. The summed E-state index contributed by atoms with van der Waals surface area (Å²) in [6, 6.07) is 4.41. The SMILES string of the molecule is Cc1ccc(F)cc1NC(=O)CC1CNC1. The lowest BCUT2D eigenvalue weighted by Crippen LogP contribution is -2.43. The summed E-state index contributed by atoms with van der Waals surface area (Å²) in [7, 11) is 0. The number of hydrogen-bond donors (Lipinski definition) is 2. The third kappa shape index (κ3) is 2.58. The maximum absolute atomic E-state index is 13.0. The third-order valence-electron chi connectivity index (χ3n) is 2.81. The van der Waals surface area contributed by atoms with Gasteiger partial charge in [-0.25, -0.2) is 4.39 Å². The number of halogens is 1. The van der Waals surface area contributed by atoms with E-state index in [1.54, 1.807) is 6.07 Å². The molecule has 1 aliphatic heterocycles. The van der Waals surface area contributed by atoms with Crippen molar-refractivity contribution in [3.63, 3.8) is 0 Å². The molecule has 86 valence electrons. The summed E-state index contributed by atoms with van der Waals surface area (Å²) < 4.78 is 13.0. The van der Waals surface area contributed by atoms with E-state index in [0.29, 0.717) is 18.0 Å². The highest BCUT2D eigenvalue weighted by molar-refractivity contribution is 5.91. The summed E-state index contributed by atoms with van der Waals surface area (Å²) in [6.07, 6.45) is 0.503. The maximum atomic E-state index is 13.0. The second-order valence-electron chi connectivity index (χ2n) is 4.24. The van der Waals surface area contributed by atoms with Crippen LogP contribution in [-0.2, 0) is 4.79 Å². The van der Waals surface area contributed by atoms with Gasteiger partial charge in [-0.15, -0.1) is 0 Å². The van der Waals surface area contributed by atoms with Crippen molar-refractivity contribution in [1.82, 2.24) is 5.32 Å². The van der Waals surface area contributed by atoms with Crippen LogP contribution in [0.15, 0.2) is 18.2 Å². The van der Waals surface area contributed by atoms with Crippen LogP contribution in [0.2, 0.25) is 0 Å². The van der Waals surface area contributed by atoms with Crippen molar-refractivity contribution in [3.05, 3.63) is 29.6 Å². The van der Waals surface area contributed by atoms with E-state index in [-0.39, 0.29) is 11.7 Å². The number of rotatable bonds is 3. The van der Waals surface area contributed by atoms with Gasteiger partial charge >= 0.3 is 0 Å². The molecular formula is C12H15FN2O. The van der Waals surface area contributed by atoms with E-state index in [4.69, 9.17) is 0 Å². The van der Waals surface area contributed by atoms with Crippen LogP contribution >= 0.6 is 0 Å². The Labute approximate surface area is 94.0 Å². The molecule has 0 aromatic heterocycles. The molecule has 3 nitrogen and oxygen atoms in total. The fraction of sp³-hybridized carbons (Fsp3) is 0.417. The summed E-state index contributed by atoms with van der Waals surface area (Å²) in [5.74, 6) is 0.0558. The molecule has 1 aromatic carbocycles. The van der Waals surface area contributed by atoms with E-state index in [9.17, 15) is 9.18 Å². The molecule has 0 saturated carbocycles. The molecule has 0 atom stereocenters. The van der Waals surface area contributed by atoms with Gasteiger partial charge in [0.25, 0.3) is 0 Å². The minimum absolute atomic E-state index is 0.0415. The van der Waals surface area contributed by atoms with E-state index in [1.165, 1.54) is 12.1 Å². The van der Waals surface area contributed by atoms with E-state index >= 15 is 0 Å². The van der Waals surface area contributed by atoms with E-state index < -0.39 is 0 Å². The van der Waals surface area contributed by atoms with Crippen LogP contribution in [0.4, 0.5) is 10.1 Å². The normalized spacial score (nSPS) is 15.6. The molecule has 4 heteroatoms. The second kappa shape index (κ2) is 4.61. The van der Waals surface area contributed by atoms with Crippen LogP contribution in [0.5, 0.6) is 0 Å². The molecule has 0 unspecified atom stereocenters. The summed E-state index contributed by atoms with van der Waals surface area (Å²) in [5, 5.41) is 5.85. The minimum atomic E-state index is -0.328. The largest absolute Gasteiger partial charge is 0.326 e. The Bertz CT molecular complexity index is 402. The van der Waals surface area contributed by atoms with Gasteiger partial charge in [0, 0.05) is 12.1 Å². The number of nitrogens with one attached hydrogen (secondary N) is 2. The average Bonchev–Trinajstić information content (AvgIpc) is 2.18. The highest BCUT2D eigenvalue weighted by Crippen LogP contribution is 2.17. The summed E-state index contributed by atoms with van der Waals surface area (Å²) in [6.45, 7) is 3.64. The molecule has 1 aliphatic rings. The monoisotopic (exact) mass is 222 g/mol. The first-order chi connectivity index (χ1) is 7.65. The third-order valence-corrected chi connectivity index (χ3v) is 2.81. The number of benzene rings is 1. The molecule has 0 spiro atoms. The molecule has 16 heavy (non-hydrogen) atoms. The molecule has 0 radical (unpaired) electrons. The zero-order chi connectivity index (χ0) is 11.5. The van der Waals surface area contributed by atoms with Crippen LogP contribution < -0.4 is 10.6 Å². The lowest BCUT2D eigenvalue weighted by Gasteiger charge is -2.26. The van der Waals surface area contributed by atoms with Crippen molar-refractivity contribution >= 4 is 11.6 Å². The fourth-order valence-electron chi connectivity index (χ4n) is 1.69. The summed E-state index contributed by atoms with van der Waals surface area (Å²) in [5.41, 5.74) is 1.44. The molecular weight excluding hydrogens is 207 g/mol. The second-order valence-corrected chi connectivity index (χ2v) is 4.24. The topological polar surface area (TPSA) is 41.1 Å². The Hall–Kier alpha value is -1.42. The molecule has 1 saturated heterocycles.